The van der Waals surface area contributed by atoms with Crippen molar-refractivity contribution in [2.24, 2.45) is 0 Å². The van der Waals surface area contributed by atoms with Gasteiger partial charge >= 0.3 is 115 Å². The van der Waals surface area contributed by atoms with Crippen LogP contribution >= 0.6 is 0 Å². The Hall–Kier alpha value is -0.677. The van der Waals surface area contributed by atoms with E-state index in [1.54, 1.807) is 17.7 Å². The Labute approximate surface area is 115 Å². The summed E-state index contributed by atoms with van der Waals surface area (Å²) < 4.78 is 3.51. The topological polar surface area (TPSA) is 0 Å². The molecule has 0 aromatic heterocycles. The zero-order valence-corrected chi connectivity index (χ0v) is 12.8. The number of benzene rings is 1. The Kier molecular flexibility index (Phi) is 3.05. The monoisotopic (exact) mass is 298 g/mol. The molecule has 0 saturated carbocycles. The first-order chi connectivity index (χ1) is 8.27. The maximum absolute atomic E-state index is 2.38. The van der Waals surface area contributed by atoms with Crippen LogP contribution in [0.2, 0.25) is 0 Å². The molecule has 3 rings (SSSR count). The third-order valence-electron chi connectivity index (χ3n) is 3.73. The van der Waals surface area contributed by atoms with E-state index >= 15 is 0 Å². The van der Waals surface area contributed by atoms with Gasteiger partial charge in [-0.25, -0.2) is 0 Å². The van der Waals surface area contributed by atoms with Crippen molar-refractivity contribution in [2.45, 2.75) is 26.2 Å². The molecule has 17 heavy (non-hydrogen) atoms. The molecule has 0 nitrogen and oxygen atoms in total. The van der Waals surface area contributed by atoms with Gasteiger partial charge in [0.05, 0.1) is 0 Å². The molecule has 1 heteroatoms. The van der Waals surface area contributed by atoms with E-state index in [0.29, 0.717) is 5.92 Å². The molecule has 0 radical (unpaired) electrons. The van der Waals surface area contributed by atoms with Gasteiger partial charge in [-0.3, -0.25) is 0 Å². The van der Waals surface area contributed by atoms with Crippen molar-refractivity contribution in [1.29, 1.82) is 0 Å². The SMILES string of the molecule is CC1=[C]([Zr][C]2=CC=CC2)C(C)c2ccccc21. The molecule has 0 fully saturated rings. The van der Waals surface area contributed by atoms with Gasteiger partial charge in [-0.15, -0.1) is 0 Å². The van der Waals surface area contributed by atoms with Crippen LogP contribution in [0.4, 0.5) is 0 Å². The van der Waals surface area contributed by atoms with Gasteiger partial charge in [0.15, 0.2) is 0 Å². The molecule has 2 aliphatic rings. The van der Waals surface area contributed by atoms with Crippen LogP contribution in [0.3, 0.4) is 0 Å². The normalized spacial score (nSPS) is 21.8. The molecule has 0 spiro atoms. The summed E-state index contributed by atoms with van der Waals surface area (Å²) in [6.07, 6.45) is 8.08. The van der Waals surface area contributed by atoms with Crippen LogP contribution in [0.1, 0.15) is 37.3 Å². The molecule has 0 N–H and O–H groups in total. The number of allylic oxidation sites excluding steroid dienone is 6. The van der Waals surface area contributed by atoms with Gasteiger partial charge in [-0.2, -0.15) is 0 Å². The van der Waals surface area contributed by atoms with Crippen LogP contribution in [0, 0.1) is 0 Å². The van der Waals surface area contributed by atoms with Crippen LogP contribution < -0.4 is 0 Å². The van der Waals surface area contributed by atoms with Gasteiger partial charge in [0.1, 0.15) is 0 Å². The van der Waals surface area contributed by atoms with E-state index in [4.69, 9.17) is 0 Å². The molecular weight excluding hydrogens is 283 g/mol. The molecule has 0 aliphatic heterocycles. The predicted octanol–water partition coefficient (Wildman–Crippen LogP) is 4.46. The van der Waals surface area contributed by atoms with E-state index in [9.17, 15) is 0 Å². The van der Waals surface area contributed by atoms with Crippen molar-refractivity contribution >= 4 is 5.57 Å². The molecule has 1 aromatic rings. The van der Waals surface area contributed by atoms with Gasteiger partial charge < -0.3 is 0 Å². The van der Waals surface area contributed by atoms with Gasteiger partial charge in [-0.05, 0) is 0 Å². The molecule has 1 aromatic carbocycles. The first-order valence-corrected chi connectivity index (χ1v) is 8.66. The summed E-state index contributed by atoms with van der Waals surface area (Å²) in [4.78, 5) is 0. The van der Waals surface area contributed by atoms with Gasteiger partial charge in [0.2, 0.25) is 0 Å². The summed E-state index contributed by atoms with van der Waals surface area (Å²) in [6, 6.07) is 8.93. The molecule has 2 aliphatic carbocycles. The summed E-state index contributed by atoms with van der Waals surface area (Å²) >= 11 is -0.522. The van der Waals surface area contributed by atoms with Gasteiger partial charge in [0.25, 0.3) is 0 Å². The fraction of sp³-hybridized carbons (Fsp3) is 0.250. The van der Waals surface area contributed by atoms with Crippen molar-refractivity contribution in [1.82, 2.24) is 0 Å². The first-order valence-electron chi connectivity index (χ1n) is 6.20. The summed E-state index contributed by atoms with van der Waals surface area (Å²) in [5.41, 5.74) is 4.63. The molecule has 0 heterocycles. The molecule has 84 valence electrons. The number of hydrogen-bond acceptors (Lipinski definition) is 0. The van der Waals surface area contributed by atoms with E-state index < -0.39 is 23.2 Å². The second-order valence-corrected chi connectivity index (χ2v) is 8.31. The van der Waals surface area contributed by atoms with E-state index in [2.05, 4.69) is 56.3 Å². The summed E-state index contributed by atoms with van der Waals surface area (Å²) in [5.74, 6) is 0.666. The summed E-state index contributed by atoms with van der Waals surface area (Å²) in [6.45, 7) is 4.70. The molecule has 1 unspecified atom stereocenters. The standard InChI is InChI=1S/C11H11.C5H5.Zr/c1-8-7-9(2)11-6-4-3-5-10(8)11;1-2-4-5-3-1;/h3-6,8H,1-2H3;1-3H,4H2;. The van der Waals surface area contributed by atoms with Gasteiger partial charge in [0, 0.05) is 0 Å². The van der Waals surface area contributed by atoms with Crippen LogP contribution in [0.15, 0.2) is 49.1 Å². The number of rotatable bonds is 2. The van der Waals surface area contributed by atoms with Crippen molar-refractivity contribution in [3.8, 4) is 0 Å². The van der Waals surface area contributed by atoms with Crippen LogP contribution in [0.5, 0.6) is 0 Å². The van der Waals surface area contributed by atoms with Crippen molar-refractivity contribution in [3.05, 3.63) is 60.2 Å². The molecule has 0 bridgehead atoms. The minimum absolute atomic E-state index is 0.522. The Balaban J connectivity index is 1.94. The van der Waals surface area contributed by atoms with Crippen LogP contribution in [0.25, 0.3) is 5.57 Å². The van der Waals surface area contributed by atoms with Crippen LogP contribution in [-0.4, -0.2) is 0 Å². The van der Waals surface area contributed by atoms with Crippen molar-refractivity contribution in [3.63, 3.8) is 0 Å². The summed E-state index contributed by atoms with van der Waals surface area (Å²) in [7, 11) is 0. The third-order valence-corrected chi connectivity index (χ3v) is 8.08. The number of hydrogen-bond donors (Lipinski definition) is 0. The first kappa shape index (κ1) is 11.4. The Bertz CT molecular complexity index is 546. The zero-order valence-electron chi connectivity index (χ0n) is 10.3. The third kappa shape index (κ3) is 1.95. The molecular formula is C16H16Zr. The van der Waals surface area contributed by atoms with E-state index in [-0.39, 0.29) is 0 Å². The fourth-order valence-electron chi connectivity index (χ4n) is 2.76. The molecule has 0 saturated heterocycles. The summed E-state index contributed by atoms with van der Waals surface area (Å²) in [5, 5.41) is 0. The zero-order chi connectivity index (χ0) is 11.8. The quantitative estimate of drug-likeness (QED) is 0.756. The van der Waals surface area contributed by atoms with Gasteiger partial charge in [-0.1, -0.05) is 0 Å². The molecule has 1 atom stereocenters. The average molecular weight is 300 g/mol. The second-order valence-electron chi connectivity index (χ2n) is 4.80. The predicted molar refractivity (Wildman–Crippen MR) is 69.3 cm³/mol. The Morgan fingerprint density at radius 1 is 1.24 bits per heavy atom. The van der Waals surface area contributed by atoms with E-state index in [1.807, 2.05) is 0 Å². The molecule has 0 amide bonds. The van der Waals surface area contributed by atoms with Crippen molar-refractivity contribution < 1.29 is 23.2 Å². The van der Waals surface area contributed by atoms with Crippen molar-refractivity contribution in [2.75, 3.05) is 0 Å². The van der Waals surface area contributed by atoms with E-state index in [1.165, 1.54) is 12.0 Å². The second kappa shape index (κ2) is 4.54. The fourth-order valence-corrected chi connectivity index (χ4v) is 6.29. The maximum atomic E-state index is 2.38. The van der Waals surface area contributed by atoms with Crippen LogP contribution in [-0.2, 0) is 23.2 Å². The average Bonchev–Trinajstić information content (AvgIpc) is 2.94. The minimum atomic E-state index is -0.522. The Morgan fingerprint density at radius 3 is 2.76 bits per heavy atom. The van der Waals surface area contributed by atoms with E-state index in [0.717, 1.165) is 0 Å². The number of fused-ring (bicyclic) bond motifs is 1. The Morgan fingerprint density at radius 2 is 2.06 bits per heavy atom.